The first kappa shape index (κ1) is 14.2. The van der Waals surface area contributed by atoms with Crippen LogP contribution in [0, 0.1) is 0 Å². The SMILES string of the molecule is C=C(C)C=CC(=CC)C(=O)NCCC(=O)O. The maximum Gasteiger partial charge on any atom is 0.305 e. The van der Waals surface area contributed by atoms with Crippen molar-refractivity contribution >= 4 is 11.9 Å². The van der Waals surface area contributed by atoms with E-state index < -0.39 is 5.97 Å². The molecule has 0 saturated heterocycles. The van der Waals surface area contributed by atoms with Crippen molar-refractivity contribution in [3.8, 4) is 0 Å². The number of hydrogen-bond acceptors (Lipinski definition) is 2. The predicted octanol–water partition coefficient (Wildman–Crippen LogP) is 1.66. The summed E-state index contributed by atoms with van der Waals surface area (Å²) in [5, 5.41) is 10.9. The van der Waals surface area contributed by atoms with Crippen molar-refractivity contribution in [1.29, 1.82) is 0 Å². The quantitative estimate of drug-likeness (QED) is 0.531. The number of rotatable bonds is 6. The molecule has 0 aliphatic carbocycles. The Hall–Kier alpha value is -1.84. The third-order valence-electron chi connectivity index (χ3n) is 1.75. The largest absolute Gasteiger partial charge is 0.481 e. The van der Waals surface area contributed by atoms with Gasteiger partial charge in [0.15, 0.2) is 0 Å². The Kier molecular flexibility index (Phi) is 6.59. The highest BCUT2D eigenvalue weighted by Gasteiger charge is 2.05. The van der Waals surface area contributed by atoms with Crippen LogP contribution in [0.2, 0.25) is 0 Å². The number of carbonyl (C=O) groups is 2. The summed E-state index contributed by atoms with van der Waals surface area (Å²) < 4.78 is 0. The smallest absolute Gasteiger partial charge is 0.305 e. The molecule has 16 heavy (non-hydrogen) atoms. The van der Waals surface area contributed by atoms with Crippen LogP contribution in [0.25, 0.3) is 0 Å². The van der Waals surface area contributed by atoms with E-state index in [0.29, 0.717) is 5.57 Å². The molecule has 0 aromatic rings. The van der Waals surface area contributed by atoms with Crippen LogP contribution in [-0.4, -0.2) is 23.5 Å². The predicted molar refractivity (Wildman–Crippen MR) is 63.0 cm³/mol. The lowest BCUT2D eigenvalue weighted by atomic mass is 10.2. The lowest BCUT2D eigenvalue weighted by molar-refractivity contribution is -0.136. The number of nitrogens with one attached hydrogen (secondary N) is 1. The van der Waals surface area contributed by atoms with Crippen LogP contribution in [0.15, 0.2) is 36.0 Å². The first-order valence-corrected chi connectivity index (χ1v) is 4.97. The molecule has 88 valence electrons. The molecular weight excluding hydrogens is 206 g/mol. The van der Waals surface area contributed by atoms with Gasteiger partial charge in [-0.25, -0.2) is 0 Å². The van der Waals surface area contributed by atoms with E-state index in [1.165, 1.54) is 0 Å². The van der Waals surface area contributed by atoms with E-state index in [2.05, 4.69) is 11.9 Å². The highest BCUT2D eigenvalue weighted by atomic mass is 16.4. The standard InChI is InChI=1S/C12H17NO3/c1-4-10(6-5-9(2)3)12(16)13-8-7-11(14)15/h4-6H,2,7-8H2,1,3H3,(H,13,16)(H,14,15). The average molecular weight is 223 g/mol. The minimum Gasteiger partial charge on any atom is -0.481 e. The van der Waals surface area contributed by atoms with Gasteiger partial charge >= 0.3 is 5.97 Å². The van der Waals surface area contributed by atoms with Crippen LogP contribution in [0.5, 0.6) is 0 Å². The first-order valence-electron chi connectivity index (χ1n) is 4.97. The molecule has 0 aliphatic rings. The van der Waals surface area contributed by atoms with Crippen molar-refractivity contribution in [3.05, 3.63) is 36.0 Å². The Labute approximate surface area is 95.4 Å². The summed E-state index contributed by atoms with van der Waals surface area (Å²) in [7, 11) is 0. The van der Waals surface area contributed by atoms with Gasteiger partial charge in [0.2, 0.25) is 0 Å². The highest BCUT2D eigenvalue weighted by molar-refractivity contribution is 5.96. The molecule has 1 amide bonds. The molecule has 0 saturated carbocycles. The van der Waals surface area contributed by atoms with Gasteiger partial charge in [-0.1, -0.05) is 24.3 Å². The lowest BCUT2D eigenvalue weighted by Gasteiger charge is -2.03. The molecule has 0 atom stereocenters. The average Bonchev–Trinajstić information content (AvgIpc) is 2.17. The van der Waals surface area contributed by atoms with Gasteiger partial charge in [-0.15, -0.1) is 0 Å². The summed E-state index contributed by atoms with van der Waals surface area (Å²) in [5.41, 5.74) is 1.34. The van der Waals surface area contributed by atoms with Crippen molar-refractivity contribution in [2.24, 2.45) is 0 Å². The topological polar surface area (TPSA) is 66.4 Å². The van der Waals surface area contributed by atoms with Gasteiger partial charge in [-0.05, 0) is 19.9 Å². The van der Waals surface area contributed by atoms with Crippen LogP contribution in [-0.2, 0) is 9.59 Å². The van der Waals surface area contributed by atoms with Gasteiger partial charge in [0, 0.05) is 12.1 Å². The van der Waals surface area contributed by atoms with Gasteiger partial charge < -0.3 is 10.4 Å². The van der Waals surface area contributed by atoms with Crippen molar-refractivity contribution in [2.45, 2.75) is 20.3 Å². The van der Waals surface area contributed by atoms with E-state index in [9.17, 15) is 9.59 Å². The molecule has 0 fully saturated rings. The second kappa shape index (κ2) is 7.45. The maximum atomic E-state index is 11.5. The van der Waals surface area contributed by atoms with Crippen LogP contribution in [0.3, 0.4) is 0 Å². The molecule has 4 heteroatoms. The van der Waals surface area contributed by atoms with Crippen molar-refractivity contribution in [3.63, 3.8) is 0 Å². The van der Waals surface area contributed by atoms with Gasteiger partial charge in [-0.3, -0.25) is 9.59 Å². The minimum absolute atomic E-state index is 0.0765. The normalized spacial score (nSPS) is 11.5. The van der Waals surface area contributed by atoms with Crippen molar-refractivity contribution < 1.29 is 14.7 Å². The Morgan fingerprint density at radius 2 is 2.00 bits per heavy atom. The van der Waals surface area contributed by atoms with E-state index in [1.54, 1.807) is 25.2 Å². The zero-order valence-corrected chi connectivity index (χ0v) is 9.62. The minimum atomic E-state index is -0.931. The number of amides is 1. The second-order valence-corrected chi connectivity index (χ2v) is 3.32. The highest BCUT2D eigenvalue weighted by Crippen LogP contribution is 2.00. The number of aliphatic carboxylic acids is 1. The molecule has 0 aromatic carbocycles. The molecule has 0 rings (SSSR count). The molecule has 0 heterocycles. The van der Waals surface area contributed by atoms with Crippen LogP contribution < -0.4 is 5.32 Å². The molecule has 2 N–H and O–H groups in total. The van der Waals surface area contributed by atoms with E-state index >= 15 is 0 Å². The second-order valence-electron chi connectivity index (χ2n) is 3.32. The van der Waals surface area contributed by atoms with Crippen molar-refractivity contribution in [1.82, 2.24) is 5.32 Å². The van der Waals surface area contributed by atoms with Crippen molar-refractivity contribution in [2.75, 3.05) is 6.54 Å². The fraction of sp³-hybridized carbons (Fsp3) is 0.333. The number of hydrogen-bond donors (Lipinski definition) is 2. The Balaban J connectivity index is 4.23. The van der Waals surface area contributed by atoms with Gasteiger partial charge in [-0.2, -0.15) is 0 Å². The number of carboxylic acid groups (broad SMARTS) is 1. The summed E-state index contributed by atoms with van der Waals surface area (Å²) in [6.45, 7) is 7.38. The summed E-state index contributed by atoms with van der Waals surface area (Å²) in [5.74, 6) is -1.21. The van der Waals surface area contributed by atoms with Gasteiger partial charge in [0.05, 0.1) is 6.42 Å². The van der Waals surface area contributed by atoms with Crippen LogP contribution >= 0.6 is 0 Å². The summed E-state index contributed by atoms with van der Waals surface area (Å²) in [6, 6.07) is 0. The summed E-state index contributed by atoms with van der Waals surface area (Å²) in [4.78, 5) is 21.8. The molecular formula is C12H17NO3. The Morgan fingerprint density at radius 3 is 2.44 bits per heavy atom. The van der Waals surface area contributed by atoms with Crippen LogP contribution in [0.4, 0.5) is 0 Å². The molecule has 0 aromatic heterocycles. The maximum absolute atomic E-state index is 11.5. The molecule has 4 nitrogen and oxygen atoms in total. The van der Waals surface area contributed by atoms with Crippen LogP contribution in [0.1, 0.15) is 20.3 Å². The lowest BCUT2D eigenvalue weighted by Crippen LogP contribution is -2.26. The number of allylic oxidation sites excluding steroid dienone is 3. The molecule has 0 bridgehead atoms. The summed E-state index contributed by atoms with van der Waals surface area (Å²) >= 11 is 0. The zero-order valence-electron chi connectivity index (χ0n) is 9.62. The first-order chi connectivity index (χ1) is 7.47. The van der Waals surface area contributed by atoms with Gasteiger partial charge in [0.25, 0.3) is 5.91 Å². The fourth-order valence-corrected chi connectivity index (χ4v) is 0.920. The monoisotopic (exact) mass is 223 g/mol. The molecule has 0 aliphatic heterocycles. The van der Waals surface area contributed by atoms with Gasteiger partial charge in [0.1, 0.15) is 0 Å². The summed E-state index contributed by atoms with van der Waals surface area (Å²) in [6.07, 6.45) is 4.97. The number of carboxylic acids is 1. The van der Waals surface area contributed by atoms with E-state index in [-0.39, 0.29) is 18.9 Å². The number of carbonyl (C=O) groups excluding carboxylic acids is 1. The Bertz CT molecular complexity index is 340. The fourth-order valence-electron chi connectivity index (χ4n) is 0.920. The zero-order chi connectivity index (χ0) is 12.6. The third-order valence-corrected chi connectivity index (χ3v) is 1.75. The van der Waals surface area contributed by atoms with E-state index in [4.69, 9.17) is 5.11 Å². The molecule has 0 unspecified atom stereocenters. The Morgan fingerprint density at radius 1 is 1.38 bits per heavy atom. The van der Waals surface area contributed by atoms with E-state index in [1.807, 2.05) is 6.92 Å². The molecule has 0 radical (unpaired) electrons. The third kappa shape index (κ3) is 6.59. The molecule has 0 spiro atoms. The van der Waals surface area contributed by atoms with E-state index in [0.717, 1.165) is 5.57 Å².